The predicted octanol–water partition coefficient (Wildman–Crippen LogP) is 6.78. The van der Waals surface area contributed by atoms with Crippen LogP contribution in [-0.2, 0) is 14.3 Å². The van der Waals surface area contributed by atoms with Gasteiger partial charge in [-0.15, -0.1) is 0 Å². The zero-order valence-corrected chi connectivity index (χ0v) is 19.5. The van der Waals surface area contributed by atoms with Crippen LogP contribution in [0.25, 0.3) is 5.57 Å². The highest BCUT2D eigenvalue weighted by atomic mass is 16.5. The van der Waals surface area contributed by atoms with Gasteiger partial charge in [0.15, 0.2) is 0 Å². The molecule has 0 saturated heterocycles. The van der Waals surface area contributed by atoms with Gasteiger partial charge in [0.1, 0.15) is 28.9 Å². The van der Waals surface area contributed by atoms with E-state index >= 15 is 0 Å². The molecule has 0 saturated carbocycles. The van der Waals surface area contributed by atoms with Gasteiger partial charge in [0, 0.05) is 16.4 Å². The molecule has 3 rings (SSSR count). The molecule has 4 nitrogen and oxygen atoms in total. The summed E-state index contributed by atoms with van der Waals surface area (Å²) in [6.07, 6.45) is 11.5. The number of hydrogen-bond donors (Lipinski definition) is 0. The van der Waals surface area contributed by atoms with Crippen LogP contribution in [0.3, 0.4) is 0 Å². The minimum atomic E-state index is -0.621. The fourth-order valence-electron chi connectivity index (χ4n) is 3.20. The molecule has 0 fully saturated rings. The zero-order valence-electron chi connectivity index (χ0n) is 19.5. The summed E-state index contributed by atoms with van der Waals surface area (Å²) >= 11 is 0. The number of esters is 1. The Labute approximate surface area is 190 Å². The largest absolute Gasteiger partial charge is 0.465 e. The second kappa shape index (κ2) is 8.88. The van der Waals surface area contributed by atoms with E-state index in [0.29, 0.717) is 11.3 Å². The van der Waals surface area contributed by atoms with Crippen molar-refractivity contribution in [1.29, 1.82) is 5.26 Å². The Kier molecular flexibility index (Phi) is 6.41. The van der Waals surface area contributed by atoms with Crippen LogP contribution >= 0.6 is 0 Å². The molecule has 4 heteroatoms. The van der Waals surface area contributed by atoms with Crippen molar-refractivity contribution in [3.05, 3.63) is 101 Å². The summed E-state index contributed by atoms with van der Waals surface area (Å²) in [5, 5.41) is 9.42. The molecule has 2 heterocycles. The highest BCUT2D eigenvalue weighted by Crippen LogP contribution is 2.39. The molecule has 0 radical (unpaired) electrons. The Morgan fingerprint density at radius 2 is 1.41 bits per heavy atom. The fraction of sp³-hybridized carbons (Fsp3) is 0.286. The van der Waals surface area contributed by atoms with E-state index in [0.717, 1.165) is 22.7 Å². The van der Waals surface area contributed by atoms with Crippen LogP contribution in [0.2, 0.25) is 0 Å². The second-order valence-corrected chi connectivity index (χ2v) is 9.82. The van der Waals surface area contributed by atoms with Crippen LogP contribution in [0.15, 0.2) is 95.2 Å². The smallest absolute Gasteiger partial charge is 0.355 e. The minimum absolute atomic E-state index is 0.0224. The van der Waals surface area contributed by atoms with Crippen molar-refractivity contribution >= 4 is 11.5 Å². The van der Waals surface area contributed by atoms with E-state index in [4.69, 9.17) is 9.47 Å². The number of nitriles is 1. The summed E-state index contributed by atoms with van der Waals surface area (Å²) in [4.78, 5) is 12.1. The van der Waals surface area contributed by atoms with Crippen molar-refractivity contribution in [3.8, 4) is 6.07 Å². The van der Waals surface area contributed by atoms with Gasteiger partial charge in [-0.2, -0.15) is 5.26 Å². The number of hydrogen-bond acceptors (Lipinski definition) is 4. The number of ether oxygens (including phenoxy) is 2. The molecule has 0 amide bonds. The highest BCUT2D eigenvalue weighted by molar-refractivity contribution is 6.10. The Bertz CT molecular complexity index is 1100. The van der Waals surface area contributed by atoms with Gasteiger partial charge < -0.3 is 9.47 Å². The molecular weight excluding hydrogens is 398 g/mol. The summed E-state index contributed by atoms with van der Waals surface area (Å²) in [6, 6.07) is 11.3. The molecule has 1 aromatic carbocycles. The molecule has 164 valence electrons. The number of carbonyl (C=O) groups is 1. The van der Waals surface area contributed by atoms with Gasteiger partial charge in [-0.25, -0.2) is 4.79 Å². The quantitative estimate of drug-likeness (QED) is 0.499. The third-order valence-electron chi connectivity index (χ3n) is 5.02. The summed E-state index contributed by atoms with van der Waals surface area (Å²) < 4.78 is 11.5. The van der Waals surface area contributed by atoms with E-state index < -0.39 is 5.97 Å². The number of nitrogens with zero attached hydrogens (tertiary/aromatic N) is 1. The average molecular weight is 428 g/mol. The van der Waals surface area contributed by atoms with E-state index in [-0.39, 0.29) is 16.4 Å². The molecule has 32 heavy (non-hydrogen) atoms. The molecule has 0 bridgehead atoms. The van der Waals surface area contributed by atoms with Crippen LogP contribution in [0, 0.1) is 22.2 Å². The Balaban J connectivity index is 1.93. The molecule has 0 N–H and O–H groups in total. The molecule has 0 spiro atoms. The second-order valence-electron chi connectivity index (χ2n) is 9.82. The standard InChI is InChI=1S/C28H29NO3/c1-27(2,3)23-16-19(17-24(32-23)28(4,5)6)12-10-11-15-22-25(20-13-8-7-9-14-20)21(18-29)26(30)31-22/h7-17H,1-6H3/b11-10+,22-15+. The van der Waals surface area contributed by atoms with Gasteiger partial charge >= 0.3 is 5.97 Å². The van der Waals surface area contributed by atoms with Gasteiger partial charge in [-0.3, -0.25) is 0 Å². The lowest BCUT2D eigenvalue weighted by Gasteiger charge is -2.32. The van der Waals surface area contributed by atoms with Gasteiger partial charge in [0.25, 0.3) is 0 Å². The molecule has 0 unspecified atom stereocenters. The van der Waals surface area contributed by atoms with Gasteiger partial charge in [-0.05, 0) is 29.4 Å². The van der Waals surface area contributed by atoms with Gasteiger partial charge in [0.2, 0.25) is 0 Å². The van der Waals surface area contributed by atoms with E-state index in [1.54, 1.807) is 6.08 Å². The Hall–Kier alpha value is -3.58. The van der Waals surface area contributed by atoms with Crippen molar-refractivity contribution in [1.82, 2.24) is 0 Å². The normalized spacial score (nSPS) is 18.3. The zero-order chi connectivity index (χ0) is 23.5. The third-order valence-corrected chi connectivity index (χ3v) is 5.02. The lowest BCUT2D eigenvalue weighted by molar-refractivity contribution is -0.132. The first kappa shape index (κ1) is 23.1. The van der Waals surface area contributed by atoms with Crippen molar-refractivity contribution in [2.75, 3.05) is 0 Å². The van der Waals surface area contributed by atoms with Gasteiger partial charge in [-0.1, -0.05) is 90.1 Å². The number of benzene rings is 1. The van der Waals surface area contributed by atoms with Crippen LogP contribution in [-0.4, -0.2) is 5.97 Å². The molecule has 0 atom stereocenters. The van der Waals surface area contributed by atoms with Crippen molar-refractivity contribution in [2.45, 2.75) is 41.5 Å². The summed E-state index contributed by atoms with van der Waals surface area (Å²) in [5.74, 6) is 1.58. The van der Waals surface area contributed by atoms with E-state index in [1.165, 1.54) is 0 Å². The van der Waals surface area contributed by atoms with Crippen LogP contribution in [0.1, 0.15) is 47.1 Å². The molecule has 2 aliphatic rings. The van der Waals surface area contributed by atoms with Crippen molar-refractivity contribution < 1.29 is 14.3 Å². The van der Waals surface area contributed by atoms with Crippen molar-refractivity contribution in [2.24, 2.45) is 10.8 Å². The molecule has 1 aromatic rings. The third kappa shape index (κ3) is 5.18. The fourth-order valence-corrected chi connectivity index (χ4v) is 3.20. The monoisotopic (exact) mass is 427 g/mol. The van der Waals surface area contributed by atoms with Crippen LogP contribution < -0.4 is 0 Å². The molecule has 0 aliphatic carbocycles. The summed E-state index contributed by atoms with van der Waals surface area (Å²) in [7, 11) is 0. The summed E-state index contributed by atoms with van der Waals surface area (Å²) in [5.41, 5.74) is 2.11. The van der Waals surface area contributed by atoms with Gasteiger partial charge in [0.05, 0.1) is 0 Å². The molecular formula is C28H29NO3. The number of carbonyl (C=O) groups excluding carboxylic acids is 1. The summed E-state index contributed by atoms with van der Waals surface area (Å²) in [6.45, 7) is 12.8. The number of allylic oxidation sites excluding steroid dienone is 10. The maximum Gasteiger partial charge on any atom is 0.355 e. The maximum absolute atomic E-state index is 12.1. The first-order valence-electron chi connectivity index (χ1n) is 10.6. The topological polar surface area (TPSA) is 59.3 Å². The minimum Gasteiger partial charge on any atom is -0.465 e. The SMILES string of the molecule is CC(C)(C)C1=CC(=C/C=C/C=C2/OC(=O)C(C#N)=C2c2ccccc2)C=C(C(C)(C)C)O1. The number of rotatable bonds is 3. The predicted molar refractivity (Wildman–Crippen MR) is 127 cm³/mol. The van der Waals surface area contributed by atoms with E-state index in [9.17, 15) is 10.1 Å². The van der Waals surface area contributed by atoms with Crippen molar-refractivity contribution in [3.63, 3.8) is 0 Å². The first-order valence-corrected chi connectivity index (χ1v) is 10.6. The van der Waals surface area contributed by atoms with E-state index in [2.05, 4.69) is 41.5 Å². The van der Waals surface area contributed by atoms with Crippen LogP contribution in [0.5, 0.6) is 0 Å². The Morgan fingerprint density at radius 1 is 0.844 bits per heavy atom. The first-order chi connectivity index (χ1) is 15.0. The van der Waals surface area contributed by atoms with E-state index in [1.807, 2.05) is 66.8 Å². The maximum atomic E-state index is 12.1. The average Bonchev–Trinajstić information content (AvgIpc) is 3.05. The lowest BCUT2D eigenvalue weighted by Crippen LogP contribution is -2.21. The number of cyclic esters (lactones) is 1. The highest BCUT2D eigenvalue weighted by Gasteiger charge is 2.31. The molecule has 0 aromatic heterocycles. The lowest BCUT2D eigenvalue weighted by atomic mass is 9.87. The molecule has 2 aliphatic heterocycles. The van der Waals surface area contributed by atoms with Crippen LogP contribution in [0.4, 0.5) is 0 Å². The Morgan fingerprint density at radius 3 is 1.94 bits per heavy atom.